The van der Waals surface area contributed by atoms with Crippen LogP contribution in [0.3, 0.4) is 0 Å². The van der Waals surface area contributed by atoms with Crippen molar-refractivity contribution in [2.45, 2.75) is 6.42 Å². The summed E-state index contributed by atoms with van der Waals surface area (Å²) in [6, 6.07) is 7.42. The Morgan fingerprint density at radius 2 is 2.20 bits per heavy atom. The second-order valence-electron chi connectivity index (χ2n) is 4.39. The minimum Gasteiger partial charge on any atom is -0.350 e. The molecule has 0 spiro atoms. The SMILES string of the molecule is Cn1nccc1C(=O)NCCc1nnc2ccccn12. The zero-order chi connectivity index (χ0) is 13.9. The molecule has 0 bridgehead atoms. The number of fused-ring (bicyclic) bond motifs is 1. The average Bonchev–Trinajstić information content (AvgIpc) is 3.05. The van der Waals surface area contributed by atoms with Gasteiger partial charge in [0.1, 0.15) is 11.5 Å². The largest absolute Gasteiger partial charge is 0.350 e. The van der Waals surface area contributed by atoms with Crippen molar-refractivity contribution in [3.63, 3.8) is 0 Å². The summed E-state index contributed by atoms with van der Waals surface area (Å²) < 4.78 is 3.46. The Balaban J connectivity index is 1.63. The van der Waals surface area contributed by atoms with Gasteiger partial charge in [-0.1, -0.05) is 6.07 Å². The third-order valence-electron chi connectivity index (χ3n) is 3.07. The lowest BCUT2D eigenvalue weighted by molar-refractivity contribution is 0.0944. The van der Waals surface area contributed by atoms with E-state index in [0.29, 0.717) is 18.7 Å². The van der Waals surface area contributed by atoms with E-state index in [9.17, 15) is 4.79 Å². The Labute approximate surface area is 115 Å². The smallest absolute Gasteiger partial charge is 0.269 e. The van der Waals surface area contributed by atoms with E-state index >= 15 is 0 Å². The summed E-state index contributed by atoms with van der Waals surface area (Å²) in [5.41, 5.74) is 1.34. The highest BCUT2D eigenvalue weighted by Crippen LogP contribution is 2.03. The highest BCUT2D eigenvalue weighted by atomic mass is 16.2. The lowest BCUT2D eigenvalue weighted by Gasteiger charge is -2.04. The molecule has 3 aromatic rings. The number of hydrogen-bond donors (Lipinski definition) is 1. The molecule has 20 heavy (non-hydrogen) atoms. The fourth-order valence-electron chi connectivity index (χ4n) is 2.04. The monoisotopic (exact) mass is 270 g/mol. The molecule has 0 aliphatic heterocycles. The minimum atomic E-state index is -0.140. The predicted octanol–water partition coefficient (Wildman–Crippen LogP) is 0.435. The van der Waals surface area contributed by atoms with Gasteiger partial charge in [-0.15, -0.1) is 10.2 Å². The van der Waals surface area contributed by atoms with Crippen LogP contribution in [0.25, 0.3) is 5.65 Å². The van der Waals surface area contributed by atoms with E-state index in [1.165, 1.54) is 0 Å². The van der Waals surface area contributed by atoms with Crippen molar-refractivity contribution in [2.75, 3.05) is 6.54 Å². The van der Waals surface area contributed by atoms with Gasteiger partial charge < -0.3 is 5.32 Å². The molecular formula is C13H14N6O. The van der Waals surface area contributed by atoms with Crippen molar-refractivity contribution in [3.8, 4) is 0 Å². The molecular weight excluding hydrogens is 256 g/mol. The van der Waals surface area contributed by atoms with E-state index in [0.717, 1.165) is 11.5 Å². The van der Waals surface area contributed by atoms with Gasteiger partial charge in [-0.3, -0.25) is 13.9 Å². The van der Waals surface area contributed by atoms with E-state index in [1.807, 2.05) is 28.8 Å². The van der Waals surface area contributed by atoms with Crippen molar-refractivity contribution >= 4 is 11.6 Å². The molecule has 0 atom stereocenters. The van der Waals surface area contributed by atoms with Crippen molar-refractivity contribution in [1.82, 2.24) is 29.7 Å². The number of amides is 1. The number of carbonyl (C=O) groups is 1. The molecule has 0 saturated heterocycles. The van der Waals surface area contributed by atoms with Crippen molar-refractivity contribution in [1.29, 1.82) is 0 Å². The molecule has 0 unspecified atom stereocenters. The normalized spacial score (nSPS) is 10.8. The highest BCUT2D eigenvalue weighted by Gasteiger charge is 2.10. The van der Waals surface area contributed by atoms with Gasteiger partial charge in [0.05, 0.1) is 0 Å². The summed E-state index contributed by atoms with van der Waals surface area (Å²) in [5, 5.41) is 15.0. The van der Waals surface area contributed by atoms with Crippen LogP contribution in [0.2, 0.25) is 0 Å². The number of hydrogen-bond acceptors (Lipinski definition) is 4. The minimum absolute atomic E-state index is 0.140. The fraction of sp³-hybridized carbons (Fsp3) is 0.231. The van der Waals surface area contributed by atoms with Crippen LogP contribution < -0.4 is 5.32 Å². The maximum Gasteiger partial charge on any atom is 0.269 e. The number of nitrogens with zero attached hydrogens (tertiary/aromatic N) is 5. The summed E-state index contributed by atoms with van der Waals surface area (Å²) in [6.45, 7) is 0.500. The van der Waals surface area contributed by atoms with Gasteiger partial charge in [-0.25, -0.2) is 0 Å². The van der Waals surface area contributed by atoms with Crippen LogP contribution in [-0.2, 0) is 13.5 Å². The van der Waals surface area contributed by atoms with Gasteiger partial charge >= 0.3 is 0 Å². The van der Waals surface area contributed by atoms with Crippen molar-refractivity contribution < 1.29 is 4.79 Å². The zero-order valence-electron chi connectivity index (χ0n) is 11.0. The molecule has 102 valence electrons. The second kappa shape index (κ2) is 5.12. The number of pyridine rings is 1. The number of aryl methyl sites for hydroxylation is 1. The zero-order valence-corrected chi connectivity index (χ0v) is 11.0. The first-order valence-corrected chi connectivity index (χ1v) is 6.30. The first kappa shape index (κ1) is 12.3. The maximum atomic E-state index is 11.9. The quantitative estimate of drug-likeness (QED) is 0.746. The summed E-state index contributed by atoms with van der Waals surface area (Å²) >= 11 is 0. The van der Waals surface area contributed by atoms with Crippen LogP contribution in [0.15, 0.2) is 36.7 Å². The second-order valence-corrected chi connectivity index (χ2v) is 4.39. The molecule has 0 saturated carbocycles. The van der Waals surface area contributed by atoms with E-state index in [1.54, 1.807) is 24.0 Å². The Kier molecular flexibility index (Phi) is 3.16. The van der Waals surface area contributed by atoms with Crippen LogP contribution in [0, 0.1) is 0 Å². The van der Waals surface area contributed by atoms with Gasteiger partial charge in [-0.2, -0.15) is 5.10 Å². The Morgan fingerprint density at radius 1 is 1.30 bits per heavy atom. The van der Waals surface area contributed by atoms with Crippen LogP contribution in [0.1, 0.15) is 16.3 Å². The number of aromatic nitrogens is 5. The van der Waals surface area contributed by atoms with Crippen LogP contribution >= 0.6 is 0 Å². The third-order valence-corrected chi connectivity index (χ3v) is 3.07. The van der Waals surface area contributed by atoms with Gasteiger partial charge in [-0.05, 0) is 18.2 Å². The molecule has 3 heterocycles. The standard InChI is InChI=1S/C13H14N6O/c1-18-10(5-8-15-18)13(20)14-7-6-12-17-16-11-4-2-3-9-19(11)12/h2-5,8-9H,6-7H2,1H3,(H,14,20). The summed E-state index contributed by atoms with van der Waals surface area (Å²) in [7, 11) is 1.74. The van der Waals surface area contributed by atoms with Crippen LogP contribution in [0.4, 0.5) is 0 Å². The molecule has 1 amide bonds. The highest BCUT2D eigenvalue weighted by molar-refractivity contribution is 5.92. The summed E-state index contributed by atoms with van der Waals surface area (Å²) in [6.07, 6.45) is 4.13. The topological polar surface area (TPSA) is 77.1 Å². The molecule has 3 aromatic heterocycles. The molecule has 1 N–H and O–H groups in total. The number of rotatable bonds is 4. The Hall–Kier alpha value is -2.70. The molecule has 0 fully saturated rings. The van der Waals surface area contributed by atoms with Crippen molar-refractivity contribution in [3.05, 3.63) is 48.2 Å². The van der Waals surface area contributed by atoms with E-state index in [2.05, 4.69) is 20.6 Å². The third kappa shape index (κ3) is 2.25. The first-order chi connectivity index (χ1) is 9.75. The summed E-state index contributed by atoms with van der Waals surface area (Å²) in [4.78, 5) is 11.9. The Morgan fingerprint density at radius 3 is 3.00 bits per heavy atom. The van der Waals surface area contributed by atoms with E-state index in [-0.39, 0.29) is 5.91 Å². The number of carbonyl (C=O) groups excluding carboxylic acids is 1. The van der Waals surface area contributed by atoms with Gasteiger partial charge in [0.25, 0.3) is 5.91 Å². The van der Waals surface area contributed by atoms with E-state index in [4.69, 9.17) is 0 Å². The maximum absolute atomic E-state index is 11.9. The molecule has 7 heteroatoms. The Bertz CT molecular complexity index is 744. The molecule has 3 rings (SSSR count). The summed E-state index contributed by atoms with van der Waals surface area (Å²) in [5.74, 6) is 0.685. The fourth-order valence-corrected chi connectivity index (χ4v) is 2.04. The molecule has 0 aromatic carbocycles. The molecule has 7 nitrogen and oxygen atoms in total. The van der Waals surface area contributed by atoms with Crippen LogP contribution in [-0.4, -0.2) is 36.8 Å². The lowest BCUT2D eigenvalue weighted by Crippen LogP contribution is -2.28. The molecule has 0 aliphatic carbocycles. The molecule has 0 aliphatic rings. The average molecular weight is 270 g/mol. The lowest BCUT2D eigenvalue weighted by atomic mass is 10.3. The van der Waals surface area contributed by atoms with Gasteiger partial charge in [0.15, 0.2) is 5.65 Å². The number of nitrogens with one attached hydrogen (secondary N) is 1. The van der Waals surface area contributed by atoms with Gasteiger partial charge in [0.2, 0.25) is 0 Å². The predicted molar refractivity (Wildman–Crippen MR) is 72.2 cm³/mol. The van der Waals surface area contributed by atoms with Gasteiger partial charge in [0, 0.05) is 32.4 Å². The van der Waals surface area contributed by atoms with Crippen LogP contribution in [0.5, 0.6) is 0 Å². The first-order valence-electron chi connectivity index (χ1n) is 6.30. The van der Waals surface area contributed by atoms with E-state index < -0.39 is 0 Å². The molecule has 0 radical (unpaired) electrons. The van der Waals surface area contributed by atoms with Crippen molar-refractivity contribution in [2.24, 2.45) is 7.05 Å².